The minimum absolute atomic E-state index is 0.0697. The van der Waals surface area contributed by atoms with Crippen molar-refractivity contribution in [1.82, 2.24) is 10.2 Å². The van der Waals surface area contributed by atoms with Crippen LogP contribution in [-0.2, 0) is 0 Å². The van der Waals surface area contributed by atoms with Crippen molar-refractivity contribution >= 4 is 0 Å². The molecule has 1 fully saturated rings. The molecule has 1 saturated heterocycles. The van der Waals surface area contributed by atoms with Crippen LogP contribution < -0.4 is 5.32 Å². The Hall–Kier alpha value is -1.48. The predicted molar refractivity (Wildman–Crippen MR) is 88.4 cm³/mol. The van der Waals surface area contributed by atoms with E-state index in [1.165, 1.54) is 12.5 Å². The zero-order valence-corrected chi connectivity index (χ0v) is 13.8. The number of rotatable bonds is 8. The van der Waals surface area contributed by atoms with Crippen molar-refractivity contribution in [1.29, 1.82) is 5.26 Å². The molecular formula is C18H26FN3O. The molecule has 1 aliphatic heterocycles. The van der Waals surface area contributed by atoms with Gasteiger partial charge in [-0.3, -0.25) is 4.90 Å². The van der Waals surface area contributed by atoms with Gasteiger partial charge in [-0.15, -0.1) is 0 Å². The number of unbranched alkanes of at least 4 members (excludes halogenated alkanes) is 1. The molecular weight excluding hydrogens is 293 g/mol. The summed E-state index contributed by atoms with van der Waals surface area (Å²) in [5.74, 6) is -0.327. The number of hydrogen-bond acceptors (Lipinski definition) is 4. The maximum absolute atomic E-state index is 13.9. The quantitative estimate of drug-likeness (QED) is 0.723. The SMILES string of the molecule is CC(NCCCCN1CCCC1CO)c1ccc(C#N)cc1F. The number of aliphatic hydroxyl groups is 1. The van der Waals surface area contributed by atoms with Crippen molar-refractivity contribution in [2.24, 2.45) is 0 Å². The van der Waals surface area contributed by atoms with Gasteiger partial charge in [0.2, 0.25) is 0 Å². The first-order valence-corrected chi connectivity index (χ1v) is 8.43. The highest BCUT2D eigenvalue weighted by molar-refractivity contribution is 5.34. The van der Waals surface area contributed by atoms with Crippen LogP contribution in [0.15, 0.2) is 18.2 Å². The van der Waals surface area contributed by atoms with E-state index in [9.17, 15) is 9.50 Å². The Morgan fingerprint density at radius 1 is 1.48 bits per heavy atom. The number of nitrogens with one attached hydrogen (secondary N) is 1. The molecule has 5 heteroatoms. The first-order chi connectivity index (χ1) is 11.2. The van der Waals surface area contributed by atoms with Gasteiger partial charge in [-0.05, 0) is 64.4 Å². The molecule has 2 N–H and O–H groups in total. The number of nitrogens with zero attached hydrogens (tertiary/aromatic N) is 2. The molecule has 4 nitrogen and oxygen atoms in total. The minimum Gasteiger partial charge on any atom is -0.395 e. The van der Waals surface area contributed by atoms with Crippen molar-refractivity contribution in [3.8, 4) is 6.07 Å². The van der Waals surface area contributed by atoms with Gasteiger partial charge in [-0.25, -0.2) is 4.39 Å². The summed E-state index contributed by atoms with van der Waals surface area (Å²) in [6, 6.07) is 6.84. The van der Waals surface area contributed by atoms with E-state index in [2.05, 4.69) is 10.2 Å². The molecule has 2 atom stereocenters. The second-order valence-corrected chi connectivity index (χ2v) is 6.25. The topological polar surface area (TPSA) is 59.3 Å². The van der Waals surface area contributed by atoms with Crippen molar-refractivity contribution in [3.63, 3.8) is 0 Å². The average molecular weight is 319 g/mol. The molecule has 0 bridgehead atoms. The van der Waals surface area contributed by atoms with Gasteiger partial charge in [0, 0.05) is 17.6 Å². The second kappa shape index (κ2) is 8.97. The Bertz CT molecular complexity index is 544. The maximum Gasteiger partial charge on any atom is 0.129 e. The molecule has 0 radical (unpaired) electrons. The lowest BCUT2D eigenvalue weighted by molar-refractivity contribution is 0.157. The number of nitriles is 1. The molecule has 1 heterocycles. The fraction of sp³-hybridized carbons (Fsp3) is 0.611. The van der Waals surface area contributed by atoms with Gasteiger partial charge in [0.1, 0.15) is 5.82 Å². The van der Waals surface area contributed by atoms with Crippen LogP contribution in [0.3, 0.4) is 0 Å². The average Bonchev–Trinajstić information content (AvgIpc) is 3.01. The summed E-state index contributed by atoms with van der Waals surface area (Å²) >= 11 is 0. The Kier molecular flexibility index (Phi) is 6.97. The van der Waals surface area contributed by atoms with Gasteiger partial charge >= 0.3 is 0 Å². The van der Waals surface area contributed by atoms with E-state index in [1.54, 1.807) is 12.1 Å². The molecule has 2 rings (SSSR count). The van der Waals surface area contributed by atoms with Crippen LogP contribution >= 0.6 is 0 Å². The van der Waals surface area contributed by atoms with Crippen molar-refractivity contribution < 1.29 is 9.50 Å². The highest BCUT2D eigenvalue weighted by Gasteiger charge is 2.22. The van der Waals surface area contributed by atoms with Crippen LogP contribution in [0.5, 0.6) is 0 Å². The summed E-state index contributed by atoms with van der Waals surface area (Å²) in [5.41, 5.74) is 0.950. The smallest absolute Gasteiger partial charge is 0.129 e. The number of benzene rings is 1. The van der Waals surface area contributed by atoms with E-state index in [0.717, 1.165) is 38.9 Å². The van der Waals surface area contributed by atoms with Gasteiger partial charge in [0.25, 0.3) is 0 Å². The second-order valence-electron chi connectivity index (χ2n) is 6.25. The number of likely N-dealkylation sites (tertiary alicyclic amines) is 1. The van der Waals surface area contributed by atoms with Crippen molar-refractivity contribution in [3.05, 3.63) is 35.1 Å². The Labute approximate surface area is 137 Å². The third kappa shape index (κ3) is 5.00. The summed E-state index contributed by atoms with van der Waals surface area (Å²) in [4.78, 5) is 2.36. The van der Waals surface area contributed by atoms with Crippen molar-refractivity contribution in [2.75, 3.05) is 26.2 Å². The van der Waals surface area contributed by atoms with Gasteiger partial charge in [-0.2, -0.15) is 5.26 Å². The lowest BCUT2D eigenvalue weighted by atomic mass is 10.1. The molecule has 1 aromatic rings. The molecule has 0 spiro atoms. The Morgan fingerprint density at radius 2 is 2.30 bits per heavy atom. The minimum atomic E-state index is -0.327. The molecule has 23 heavy (non-hydrogen) atoms. The van der Waals surface area contributed by atoms with Crippen LogP contribution in [0, 0.1) is 17.1 Å². The molecule has 0 saturated carbocycles. The van der Waals surface area contributed by atoms with Gasteiger partial charge in [0.05, 0.1) is 18.2 Å². The van der Waals surface area contributed by atoms with E-state index < -0.39 is 0 Å². The number of halogens is 1. The molecule has 0 amide bonds. The first kappa shape index (κ1) is 17.9. The van der Waals surface area contributed by atoms with Crippen LogP contribution in [-0.4, -0.2) is 42.3 Å². The molecule has 126 valence electrons. The Morgan fingerprint density at radius 3 is 3.00 bits per heavy atom. The summed E-state index contributed by atoms with van der Waals surface area (Å²) in [6.07, 6.45) is 4.38. The normalized spacial score (nSPS) is 19.7. The molecule has 1 aliphatic rings. The molecule has 2 unspecified atom stereocenters. The highest BCUT2D eigenvalue weighted by Crippen LogP contribution is 2.19. The van der Waals surface area contributed by atoms with Crippen molar-refractivity contribution in [2.45, 2.75) is 44.7 Å². The third-order valence-corrected chi connectivity index (χ3v) is 4.63. The Balaban J connectivity index is 1.69. The largest absolute Gasteiger partial charge is 0.395 e. The summed E-state index contributed by atoms with van der Waals surface area (Å²) in [5, 5.41) is 21.4. The molecule has 1 aromatic carbocycles. The van der Waals surface area contributed by atoms with Crippen LogP contribution in [0.4, 0.5) is 4.39 Å². The van der Waals surface area contributed by atoms with Crippen LogP contribution in [0.1, 0.15) is 49.8 Å². The van der Waals surface area contributed by atoms with E-state index in [1.807, 2.05) is 13.0 Å². The zero-order valence-electron chi connectivity index (χ0n) is 13.8. The van der Waals surface area contributed by atoms with E-state index >= 15 is 0 Å². The van der Waals surface area contributed by atoms with Gasteiger partial charge in [0.15, 0.2) is 0 Å². The van der Waals surface area contributed by atoms with Crippen LogP contribution in [0.2, 0.25) is 0 Å². The monoisotopic (exact) mass is 319 g/mol. The third-order valence-electron chi connectivity index (χ3n) is 4.63. The first-order valence-electron chi connectivity index (χ1n) is 8.43. The lowest BCUT2D eigenvalue weighted by Crippen LogP contribution is -2.33. The summed E-state index contributed by atoms with van der Waals surface area (Å²) < 4.78 is 13.9. The predicted octanol–water partition coefficient (Wildman–Crippen LogP) is 2.58. The molecule has 0 aromatic heterocycles. The standard InChI is InChI=1S/C18H26FN3O/c1-14(17-7-6-15(12-20)11-18(17)19)21-8-2-3-9-22-10-4-5-16(22)13-23/h6-7,11,14,16,21,23H,2-5,8-10,13H2,1H3. The highest BCUT2D eigenvalue weighted by atomic mass is 19.1. The maximum atomic E-state index is 13.9. The van der Waals surface area contributed by atoms with E-state index in [-0.39, 0.29) is 18.5 Å². The van der Waals surface area contributed by atoms with E-state index in [4.69, 9.17) is 5.26 Å². The van der Waals surface area contributed by atoms with Gasteiger partial charge < -0.3 is 10.4 Å². The summed E-state index contributed by atoms with van der Waals surface area (Å²) in [6.45, 7) is 5.14. The van der Waals surface area contributed by atoms with E-state index in [0.29, 0.717) is 17.2 Å². The molecule has 0 aliphatic carbocycles. The fourth-order valence-corrected chi connectivity index (χ4v) is 3.21. The van der Waals surface area contributed by atoms with Gasteiger partial charge in [-0.1, -0.05) is 6.07 Å². The van der Waals surface area contributed by atoms with Crippen LogP contribution in [0.25, 0.3) is 0 Å². The summed E-state index contributed by atoms with van der Waals surface area (Å²) in [7, 11) is 0. The fourth-order valence-electron chi connectivity index (χ4n) is 3.21. The lowest BCUT2D eigenvalue weighted by Gasteiger charge is -2.22. The zero-order chi connectivity index (χ0) is 16.7. The number of hydrogen-bond donors (Lipinski definition) is 2. The number of aliphatic hydroxyl groups excluding tert-OH is 1.